The molecule has 1 aromatic carbocycles. The molecule has 0 spiro atoms. The summed E-state index contributed by atoms with van der Waals surface area (Å²) in [6, 6.07) is 3.50. The van der Waals surface area contributed by atoms with Crippen LogP contribution in [0.5, 0.6) is 0 Å². The summed E-state index contributed by atoms with van der Waals surface area (Å²) in [7, 11) is 0. The zero-order chi connectivity index (χ0) is 12.3. The Kier molecular flexibility index (Phi) is 3.71. The normalized spacial score (nSPS) is 17.2. The van der Waals surface area contributed by atoms with Gasteiger partial charge in [-0.05, 0) is 24.5 Å². The van der Waals surface area contributed by atoms with Crippen LogP contribution in [0.1, 0.15) is 24.4 Å². The minimum absolute atomic E-state index is 0.198. The number of ether oxygens (including phenoxy) is 1. The van der Waals surface area contributed by atoms with Gasteiger partial charge in [0.2, 0.25) is 0 Å². The van der Waals surface area contributed by atoms with Gasteiger partial charge in [-0.1, -0.05) is 12.1 Å². The van der Waals surface area contributed by atoms with Crippen molar-refractivity contribution in [3.8, 4) is 0 Å². The molecule has 2 rings (SSSR count). The molecule has 17 heavy (non-hydrogen) atoms. The number of halogens is 2. The van der Waals surface area contributed by atoms with Crippen LogP contribution in [-0.4, -0.2) is 6.61 Å². The standard InChI is InChI=1S/C12H14F2N2O/c13-10-5-1-4-9(11(10)14)12(16-15)8-3-2-6-17-7-8/h1,4-5,7,12,16H,2-3,6,15H2. The summed E-state index contributed by atoms with van der Waals surface area (Å²) >= 11 is 0. The molecule has 0 aromatic heterocycles. The van der Waals surface area contributed by atoms with Gasteiger partial charge in [0, 0.05) is 5.56 Å². The van der Waals surface area contributed by atoms with Gasteiger partial charge >= 0.3 is 0 Å². The SMILES string of the molecule is NNC(C1=COCCC1)c1cccc(F)c1F. The van der Waals surface area contributed by atoms with Gasteiger partial charge in [-0.2, -0.15) is 0 Å². The summed E-state index contributed by atoms with van der Waals surface area (Å²) in [4.78, 5) is 0. The van der Waals surface area contributed by atoms with Crippen molar-refractivity contribution in [1.82, 2.24) is 5.43 Å². The van der Waals surface area contributed by atoms with Gasteiger partial charge in [0.1, 0.15) is 0 Å². The highest BCUT2D eigenvalue weighted by Gasteiger charge is 2.22. The first-order valence-corrected chi connectivity index (χ1v) is 5.44. The van der Waals surface area contributed by atoms with E-state index < -0.39 is 17.7 Å². The van der Waals surface area contributed by atoms with E-state index in [0.29, 0.717) is 6.61 Å². The molecule has 0 fully saturated rings. The number of benzene rings is 1. The van der Waals surface area contributed by atoms with Crippen LogP contribution in [0.15, 0.2) is 30.0 Å². The molecule has 0 bridgehead atoms. The zero-order valence-electron chi connectivity index (χ0n) is 9.25. The molecule has 0 radical (unpaired) electrons. The van der Waals surface area contributed by atoms with Gasteiger partial charge < -0.3 is 4.74 Å². The molecular formula is C12H14F2N2O. The molecule has 0 aliphatic carbocycles. The fourth-order valence-corrected chi connectivity index (χ4v) is 1.94. The molecule has 0 saturated heterocycles. The first kappa shape index (κ1) is 12.0. The van der Waals surface area contributed by atoms with E-state index in [-0.39, 0.29) is 5.56 Å². The van der Waals surface area contributed by atoms with Gasteiger partial charge in [0.15, 0.2) is 11.6 Å². The number of nitrogens with one attached hydrogen (secondary N) is 1. The Hall–Kier alpha value is -1.46. The number of hydrazine groups is 1. The highest BCUT2D eigenvalue weighted by Crippen LogP contribution is 2.29. The molecule has 3 nitrogen and oxygen atoms in total. The fraction of sp³-hybridized carbons (Fsp3) is 0.333. The molecule has 1 atom stereocenters. The second-order valence-electron chi connectivity index (χ2n) is 3.91. The van der Waals surface area contributed by atoms with E-state index in [0.717, 1.165) is 24.5 Å². The first-order chi connectivity index (χ1) is 8.24. The van der Waals surface area contributed by atoms with E-state index >= 15 is 0 Å². The average Bonchev–Trinajstić information content (AvgIpc) is 2.37. The van der Waals surface area contributed by atoms with Crippen LogP contribution in [0.2, 0.25) is 0 Å². The second-order valence-corrected chi connectivity index (χ2v) is 3.91. The molecule has 3 N–H and O–H groups in total. The molecule has 0 amide bonds. The quantitative estimate of drug-likeness (QED) is 0.628. The molecule has 1 unspecified atom stereocenters. The highest BCUT2D eigenvalue weighted by molar-refractivity contribution is 5.30. The van der Waals surface area contributed by atoms with Crippen molar-refractivity contribution in [2.24, 2.45) is 5.84 Å². The van der Waals surface area contributed by atoms with Gasteiger partial charge in [0.25, 0.3) is 0 Å². The van der Waals surface area contributed by atoms with Gasteiger partial charge in [0.05, 0.1) is 18.9 Å². The lowest BCUT2D eigenvalue weighted by Crippen LogP contribution is -2.31. The Morgan fingerprint density at radius 2 is 2.18 bits per heavy atom. The summed E-state index contributed by atoms with van der Waals surface area (Å²) in [6.45, 7) is 0.645. The lowest BCUT2D eigenvalue weighted by atomic mass is 9.95. The molecule has 1 aromatic rings. The molecule has 1 aliphatic rings. The number of rotatable bonds is 3. The van der Waals surface area contributed by atoms with Gasteiger partial charge in [-0.25, -0.2) is 14.2 Å². The van der Waals surface area contributed by atoms with Crippen molar-refractivity contribution in [3.63, 3.8) is 0 Å². The summed E-state index contributed by atoms with van der Waals surface area (Å²) in [5.74, 6) is 3.67. The van der Waals surface area contributed by atoms with Crippen molar-refractivity contribution in [3.05, 3.63) is 47.2 Å². The number of hydrogen-bond acceptors (Lipinski definition) is 3. The van der Waals surface area contributed by atoms with Crippen molar-refractivity contribution in [1.29, 1.82) is 0 Å². The third-order valence-electron chi connectivity index (χ3n) is 2.79. The number of hydrogen-bond donors (Lipinski definition) is 2. The first-order valence-electron chi connectivity index (χ1n) is 5.44. The summed E-state index contributed by atoms with van der Waals surface area (Å²) in [5, 5.41) is 0. The topological polar surface area (TPSA) is 47.3 Å². The van der Waals surface area contributed by atoms with E-state index in [1.54, 1.807) is 6.26 Å². The minimum atomic E-state index is -0.875. The fourth-order valence-electron chi connectivity index (χ4n) is 1.94. The molecule has 5 heteroatoms. The van der Waals surface area contributed by atoms with Gasteiger partial charge in [-0.15, -0.1) is 0 Å². The van der Waals surface area contributed by atoms with Crippen molar-refractivity contribution in [2.45, 2.75) is 18.9 Å². The van der Waals surface area contributed by atoms with Crippen LogP contribution in [0.3, 0.4) is 0 Å². The maximum Gasteiger partial charge on any atom is 0.163 e. The summed E-state index contributed by atoms with van der Waals surface area (Å²) in [6.07, 6.45) is 3.17. The van der Waals surface area contributed by atoms with Gasteiger partial charge in [-0.3, -0.25) is 5.84 Å². The summed E-state index contributed by atoms with van der Waals surface area (Å²) in [5.41, 5.74) is 3.52. The van der Waals surface area contributed by atoms with E-state index in [2.05, 4.69) is 5.43 Å². The molecule has 1 aliphatic heterocycles. The lowest BCUT2D eigenvalue weighted by Gasteiger charge is -2.23. The van der Waals surface area contributed by atoms with Crippen LogP contribution in [0.4, 0.5) is 8.78 Å². The predicted molar refractivity (Wildman–Crippen MR) is 59.7 cm³/mol. The molecule has 92 valence electrons. The lowest BCUT2D eigenvalue weighted by molar-refractivity contribution is 0.219. The average molecular weight is 240 g/mol. The van der Waals surface area contributed by atoms with E-state index in [9.17, 15) is 8.78 Å². The third-order valence-corrected chi connectivity index (χ3v) is 2.79. The molecular weight excluding hydrogens is 226 g/mol. The largest absolute Gasteiger partial charge is 0.501 e. The van der Waals surface area contributed by atoms with Crippen LogP contribution < -0.4 is 11.3 Å². The smallest absolute Gasteiger partial charge is 0.163 e. The maximum atomic E-state index is 13.7. The van der Waals surface area contributed by atoms with Crippen molar-refractivity contribution < 1.29 is 13.5 Å². The Labute approximate surface area is 98.2 Å². The van der Waals surface area contributed by atoms with E-state index in [1.165, 1.54) is 12.1 Å². The zero-order valence-corrected chi connectivity index (χ0v) is 9.25. The van der Waals surface area contributed by atoms with Crippen LogP contribution >= 0.6 is 0 Å². The van der Waals surface area contributed by atoms with Crippen LogP contribution in [0, 0.1) is 11.6 Å². The monoisotopic (exact) mass is 240 g/mol. The maximum absolute atomic E-state index is 13.7. The predicted octanol–water partition coefficient (Wildman–Crippen LogP) is 2.16. The third kappa shape index (κ3) is 2.45. The summed E-state index contributed by atoms with van der Waals surface area (Å²) < 4.78 is 32.0. The molecule has 1 heterocycles. The minimum Gasteiger partial charge on any atom is -0.501 e. The number of nitrogens with two attached hydrogens (primary N) is 1. The van der Waals surface area contributed by atoms with E-state index in [4.69, 9.17) is 10.6 Å². The Morgan fingerprint density at radius 3 is 2.82 bits per heavy atom. The Bertz CT molecular complexity index is 435. The van der Waals surface area contributed by atoms with Crippen molar-refractivity contribution >= 4 is 0 Å². The highest BCUT2D eigenvalue weighted by atomic mass is 19.2. The van der Waals surface area contributed by atoms with Crippen molar-refractivity contribution in [2.75, 3.05) is 6.61 Å². The molecule has 0 saturated carbocycles. The second kappa shape index (κ2) is 5.25. The Morgan fingerprint density at radius 1 is 1.35 bits per heavy atom. The van der Waals surface area contributed by atoms with Crippen LogP contribution in [0.25, 0.3) is 0 Å². The van der Waals surface area contributed by atoms with E-state index in [1.807, 2.05) is 0 Å². The Balaban J connectivity index is 2.34. The van der Waals surface area contributed by atoms with Crippen LogP contribution in [-0.2, 0) is 4.74 Å².